The van der Waals surface area contributed by atoms with Crippen molar-refractivity contribution >= 4 is 11.8 Å². The SMILES string of the molecule is C=C[C@@]1(C)CC(=O)[C@@]2(O)[C@@]3(C)[C@H](O)CCC(C)(C)[C@@H]3[C@H](O)[C@H](OC(C)=O)[C@@]2(C)O1. The van der Waals surface area contributed by atoms with E-state index in [-0.39, 0.29) is 6.42 Å². The van der Waals surface area contributed by atoms with Gasteiger partial charge in [0.1, 0.15) is 5.60 Å². The molecule has 1 aliphatic heterocycles. The van der Waals surface area contributed by atoms with Crippen LogP contribution in [0.15, 0.2) is 12.7 Å². The number of esters is 1. The van der Waals surface area contributed by atoms with Crippen LogP contribution in [0, 0.1) is 16.7 Å². The highest BCUT2D eigenvalue weighted by Gasteiger charge is 2.81. The summed E-state index contributed by atoms with van der Waals surface area (Å²) < 4.78 is 11.8. The normalized spacial score (nSPS) is 51.6. The molecule has 0 bridgehead atoms. The summed E-state index contributed by atoms with van der Waals surface area (Å²) in [6.07, 6.45) is -1.29. The van der Waals surface area contributed by atoms with E-state index in [1.54, 1.807) is 13.8 Å². The molecule has 3 fully saturated rings. The van der Waals surface area contributed by atoms with Crippen molar-refractivity contribution in [2.24, 2.45) is 16.7 Å². The van der Waals surface area contributed by atoms with Gasteiger partial charge >= 0.3 is 5.97 Å². The van der Waals surface area contributed by atoms with Crippen molar-refractivity contribution in [3.63, 3.8) is 0 Å². The zero-order valence-corrected chi connectivity index (χ0v) is 18.2. The Bertz CT molecular complexity index is 747. The van der Waals surface area contributed by atoms with Crippen LogP contribution in [0.1, 0.15) is 60.8 Å². The number of carbonyl (C=O) groups excluding carboxylic acids is 2. The number of fused-ring (bicyclic) bond motifs is 3. The first-order valence-electron chi connectivity index (χ1n) is 10.2. The van der Waals surface area contributed by atoms with Crippen molar-refractivity contribution in [1.82, 2.24) is 0 Å². The third-order valence-electron chi connectivity index (χ3n) is 8.02. The fourth-order valence-corrected chi connectivity index (χ4v) is 6.66. The molecule has 7 nitrogen and oxygen atoms in total. The van der Waals surface area contributed by atoms with Crippen LogP contribution in [0.4, 0.5) is 0 Å². The second-order valence-corrected chi connectivity index (χ2v) is 10.4. The van der Waals surface area contributed by atoms with Crippen LogP contribution in [0.5, 0.6) is 0 Å². The van der Waals surface area contributed by atoms with E-state index in [0.29, 0.717) is 12.8 Å². The van der Waals surface area contributed by atoms with Gasteiger partial charge in [0.15, 0.2) is 17.5 Å². The monoisotopic (exact) mass is 410 g/mol. The van der Waals surface area contributed by atoms with Gasteiger partial charge in [-0.15, -0.1) is 6.58 Å². The van der Waals surface area contributed by atoms with Crippen LogP contribution in [-0.2, 0) is 19.1 Å². The highest BCUT2D eigenvalue weighted by Crippen LogP contribution is 2.66. The van der Waals surface area contributed by atoms with Crippen LogP contribution in [0.25, 0.3) is 0 Å². The smallest absolute Gasteiger partial charge is 0.303 e. The van der Waals surface area contributed by atoms with Crippen molar-refractivity contribution in [3.05, 3.63) is 12.7 Å². The van der Waals surface area contributed by atoms with E-state index in [2.05, 4.69) is 6.58 Å². The highest BCUT2D eigenvalue weighted by molar-refractivity contribution is 5.92. The Labute approximate surface area is 172 Å². The fourth-order valence-electron chi connectivity index (χ4n) is 6.66. The molecule has 3 aliphatic rings. The van der Waals surface area contributed by atoms with Gasteiger partial charge < -0.3 is 24.8 Å². The summed E-state index contributed by atoms with van der Waals surface area (Å²) in [6.45, 7) is 13.6. The zero-order chi connectivity index (χ0) is 22.2. The first kappa shape index (κ1) is 22.4. The Morgan fingerprint density at radius 2 is 1.83 bits per heavy atom. The first-order chi connectivity index (χ1) is 13.1. The molecule has 2 aliphatic carbocycles. The highest BCUT2D eigenvalue weighted by atomic mass is 16.6. The number of ketones is 1. The molecule has 0 unspecified atom stereocenters. The number of aliphatic hydroxyl groups is 3. The van der Waals surface area contributed by atoms with E-state index in [4.69, 9.17) is 9.47 Å². The van der Waals surface area contributed by atoms with E-state index in [9.17, 15) is 24.9 Å². The summed E-state index contributed by atoms with van der Waals surface area (Å²) >= 11 is 0. The van der Waals surface area contributed by atoms with Crippen molar-refractivity contribution in [2.75, 3.05) is 0 Å². The van der Waals surface area contributed by atoms with Gasteiger partial charge in [-0.05, 0) is 32.1 Å². The van der Waals surface area contributed by atoms with Gasteiger partial charge in [-0.3, -0.25) is 9.59 Å². The lowest BCUT2D eigenvalue weighted by Crippen LogP contribution is -2.86. The molecule has 164 valence electrons. The maximum Gasteiger partial charge on any atom is 0.303 e. The molecule has 1 heterocycles. The Morgan fingerprint density at radius 1 is 1.24 bits per heavy atom. The van der Waals surface area contributed by atoms with Gasteiger partial charge in [-0.2, -0.15) is 0 Å². The molecule has 0 radical (unpaired) electrons. The summed E-state index contributed by atoms with van der Waals surface area (Å²) in [7, 11) is 0. The topological polar surface area (TPSA) is 113 Å². The molecular formula is C22H34O7. The fraction of sp³-hybridized carbons (Fsp3) is 0.818. The zero-order valence-electron chi connectivity index (χ0n) is 18.2. The lowest BCUT2D eigenvalue weighted by molar-refractivity contribution is -0.370. The van der Waals surface area contributed by atoms with Crippen molar-refractivity contribution in [2.45, 2.75) is 95.9 Å². The minimum Gasteiger partial charge on any atom is -0.457 e. The molecule has 8 atom stereocenters. The first-order valence-corrected chi connectivity index (χ1v) is 10.2. The van der Waals surface area contributed by atoms with E-state index in [0.717, 1.165) is 0 Å². The van der Waals surface area contributed by atoms with Crippen LogP contribution in [0.3, 0.4) is 0 Å². The van der Waals surface area contributed by atoms with Crippen molar-refractivity contribution in [3.8, 4) is 0 Å². The van der Waals surface area contributed by atoms with E-state index < -0.39 is 63.6 Å². The Hall–Kier alpha value is -1.28. The molecule has 1 saturated heterocycles. The molecule has 0 spiro atoms. The molecule has 0 aromatic heterocycles. The van der Waals surface area contributed by atoms with Crippen molar-refractivity contribution in [1.29, 1.82) is 0 Å². The number of hydrogen-bond donors (Lipinski definition) is 3. The van der Waals surface area contributed by atoms with Gasteiger partial charge in [-0.25, -0.2) is 0 Å². The van der Waals surface area contributed by atoms with E-state index in [1.807, 2.05) is 13.8 Å². The summed E-state index contributed by atoms with van der Waals surface area (Å²) in [5.41, 5.74) is -7.00. The van der Waals surface area contributed by atoms with Crippen LogP contribution >= 0.6 is 0 Å². The van der Waals surface area contributed by atoms with Gasteiger partial charge in [0, 0.05) is 24.7 Å². The summed E-state index contributed by atoms with van der Waals surface area (Å²) in [5, 5.41) is 34.7. The maximum absolute atomic E-state index is 13.6. The number of rotatable bonds is 2. The van der Waals surface area contributed by atoms with Gasteiger partial charge in [0.25, 0.3) is 0 Å². The molecule has 29 heavy (non-hydrogen) atoms. The second-order valence-electron chi connectivity index (χ2n) is 10.4. The van der Waals surface area contributed by atoms with Crippen LogP contribution < -0.4 is 0 Å². The standard InChI is InChI=1S/C22H34O7/c1-8-19(5)11-14(25)22(27)20(6)13(24)9-10-18(3,4)16(20)15(26)17(28-12(2)23)21(22,7)29-19/h8,13,15-17,24,26-27H,1,9-11H2,2-7H3/t13-,15+,16+,17+,19+,20+,21-,22-/m1/s1. The molecule has 0 aromatic rings. The van der Waals surface area contributed by atoms with E-state index in [1.165, 1.54) is 19.9 Å². The third kappa shape index (κ3) is 2.63. The predicted molar refractivity (Wildman–Crippen MR) is 105 cm³/mol. The van der Waals surface area contributed by atoms with E-state index >= 15 is 0 Å². The molecule has 0 aromatic carbocycles. The molecular weight excluding hydrogens is 376 g/mol. The molecule has 3 N–H and O–H groups in total. The minimum atomic E-state index is -2.18. The average Bonchev–Trinajstić information content (AvgIpc) is 2.59. The molecule has 3 rings (SSSR count). The quantitative estimate of drug-likeness (QED) is 0.467. The lowest BCUT2D eigenvalue weighted by atomic mass is 9.40. The third-order valence-corrected chi connectivity index (χ3v) is 8.02. The average molecular weight is 411 g/mol. The number of hydrogen-bond acceptors (Lipinski definition) is 7. The molecule has 0 amide bonds. The largest absolute Gasteiger partial charge is 0.457 e. The number of carbonyl (C=O) groups is 2. The van der Waals surface area contributed by atoms with Gasteiger partial charge in [0.05, 0.1) is 17.8 Å². The van der Waals surface area contributed by atoms with Crippen LogP contribution in [0.2, 0.25) is 0 Å². The number of Topliss-reactive ketones (excluding diaryl/α,β-unsaturated/α-hetero) is 1. The second kappa shape index (κ2) is 6.36. The molecule has 2 saturated carbocycles. The summed E-state index contributed by atoms with van der Waals surface area (Å²) in [6, 6.07) is 0. The van der Waals surface area contributed by atoms with Gasteiger partial charge in [0.2, 0.25) is 0 Å². The number of aliphatic hydroxyl groups excluding tert-OH is 2. The van der Waals surface area contributed by atoms with Crippen LogP contribution in [-0.4, -0.2) is 62.2 Å². The Balaban J connectivity index is 2.33. The predicted octanol–water partition coefficient (Wildman–Crippen LogP) is 1.52. The van der Waals surface area contributed by atoms with Gasteiger partial charge in [-0.1, -0.05) is 26.8 Å². The maximum atomic E-state index is 13.6. The Kier molecular flexibility index (Phi) is 4.91. The number of ether oxygens (including phenoxy) is 2. The Morgan fingerprint density at radius 3 is 2.34 bits per heavy atom. The minimum absolute atomic E-state index is 0.138. The molecule has 7 heteroatoms. The summed E-state index contributed by atoms with van der Waals surface area (Å²) in [4.78, 5) is 25.5. The lowest BCUT2D eigenvalue weighted by Gasteiger charge is -2.71. The summed E-state index contributed by atoms with van der Waals surface area (Å²) in [5.74, 6) is -1.87. The van der Waals surface area contributed by atoms with Crippen molar-refractivity contribution < 1.29 is 34.4 Å².